The molecule has 0 radical (unpaired) electrons. The van der Waals surface area contributed by atoms with Crippen LogP contribution in [0.3, 0.4) is 0 Å². The van der Waals surface area contributed by atoms with Crippen LogP contribution in [0.5, 0.6) is 17.2 Å². The lowest BCUT2D eigenvalue weighted by molar-refractivity contribution is -0.116. The molecule has 1 heterocycles. The fraction of sp³-hybridized carbons (Fsp3) is 0.273. The predicted molar refractivity (Wildman–Crippen MR) is 155 cm³/mol. The van der Waals surface area contributed by atoms with Gasteiger partial charge in [-0.3, -0.25) is 9.59 Å². The normalized spacial score (nSPS) is 18.6. The summed E-state index contributed by atoms with van der Waals surface area (Å²) >= 11 is 0. The van der Waals surface area contributed by atoms with Gasteiger partial charge in [0, 0.05) is 34.9 Å². The molecule has 0 saturated heterocycles. The molecule has 0 unspecified atom stereocenters. The van der Waals surface area contributed by atoms with E-state index in [1.54, 1.807) is 33.5 Å². The van der Waals surface area contributed by atoms with Gasteiger partial charge in [0.25, 0.3) is 5.91 Å². The van der Waals surface area contributed by atoms with Gasteiger partial charge in [-0.25, -0.2) is 0 Å². The Kier molecular flexibility index (Phi) is 7.65. The monoisotopic (exact) mass is 538 g/mol. The summed E-state index contributed by atoms with van der Waals surface area (Å²) in [6, 6.07) is 21.1. The smallest absolute Gasteiger partial charge is 0.254 e. The maximum atomic E-state index is 14.0. The minimum atomic E-state index is -0.496. The average molecular weight is 539 g/mol. The van der Waals surface area contributed by atoms with Crippen LogP contribution in [0.1, 0.15) is 48.3 Å². The van der Waals surface area contributed by atoms with E-state index in [1.807, 2.05) is 62.4 Å². The van der Waals surface area contributed by atoms with Crippen LogP contribution in [0.25, 0.3) is 0 Å². The minimum Gasteiger partial charge on any atom is -0.495 e. The van der Waals surface area contributed by atoms with Gasteiger partial charge in [-0.2, -0.15) is 0 Å². The SMILES string of the molecule is COc1ccccc1NC(=O)C1=C(C)NC2=C(C(=O)C[C@@H](c3ccc(OC)c(OC)c3)C2)[C@H]1c1cccc(C)c1. The second-order valence-electron chi connectivity index (χ2n) is 10.2. The number of amides is 1. The first-order valence-electron chi connectivity index (χ1n) is 13.3. The van der Waals surface area contributed by atoms with Gasteiger partial charge in [0.2, 0.25) is 0 Å². The maximum absolute atomic E-state index is 14.0. The molecule has 1 aliphatic carbocycles. The Morgan fingerprint density at radius 2 is 1.57 bits per heavy atom. The molecule has 1 aliphatic heterocycles. The number of hydrogen-bond donors (Lipinski definition) is 2. The van der Waals surface area contributed by atoms with Gasteiger partial charge in [0.1, 0.15) is 5.75 Å². The summed E-state index contributed by atoms with van der Waals surface area (Å²) in [5.74, 6) is 1.06. The summed E-state index contributed by atoms with van der Waals surface area (Å²) in [6.07, 6.45) is 0.969. The van der Waals surface area contributed by atoms with Crippen LogP contribution in [-0.2, 0) is 9.59 Å². The Bertz CT molecular complexity index is 1540. The van der Waals surface area contributed by atoms with Gasteiger partial charge >= 0.3 is 0 Å². The van der Waals surface area contributed by atoms with Gasteiger partial charge in [-0.15, -0.1) is 0 Å². The zero-order valence-electron chi connectivity index (χ0n) is 23.5. The first-order valence-corrected chi connectivity index (χ1v) is 13.3. The van der Waals surface area contributed by atoms with Crippen LogP contribution in [0.2, 0.25) is 0 Å². The number of Topliss-reactive ketones (excluding diaryl/α,β-unsaturated/α-hetero) is 1. The van der Waals surface area contributed by atoms with E-state index >= 15 is 0 Å². The third kappa shape index (κ3) is 5.07. The highest BCUT2D eigenvalue weighted by molar-refractivity contribution is 6.10. The number of rotatable bonds is 7. The molecule has 5 rings (SSSR count). The number of ketones is 1. The number of nitrogens with one attached hydrogen (secondary N) is 2. The van der Waals surface area contributed by atoms with Crippen molar-refractivity contribution in [1.82, 2.24) is 5.32 Å². The van der Waals surface area contributed by atoms with Crippen molar-refractivity contribution in [2.24, 2.45) is 0 Å². The van der Waals surface area contributed by atoms with E-state index < -0.39 is 5.92 Å². The van der Waals surface area contributed by atoms with Crippen molar-refractivity contribution in [3.63, 3.8) is 0 Å². The molecule has 206 valence electrons. The topological polar surface area (TPSA) is 85.9 Å². The summed E-state index contributed by atoms with van der Waals surface area (Å²) in [5, 5.41) is 6.47. The number of allylic oxidation sites excluding steroid dienone is 3. The van der Waals surface area contributed by atoms with Crippen molar-refractivity contribution in [2.75, 3.05) is 26.6 Å². The number of dihydropyridines is 1. The van der Waals surface area contributed by atoms with E-state index in [1.165, 1.54) is 0 Å². The van der Waals surface area contributed by atoms with E-state index in [2.05, 4.69) is 16.7 Å². The number of ether oxygens (including phenoxy) is 3. The van der Waals surface area contributed by atoms with Crippen LogP contribution < -0.4 is 24.8 Å². The molecule has 0 saturated carbocycles. The summed E-state index contributed by atoms with van der Waals surface area (Å²) in [7, 11) is 4.78. The third-order valence-corrected chi connectivity index (χ3v) is 7.68. The minimum absolute atomic E-state index is 0.0233. The zero-order chi connectivity index (χ0) is 28.4. The number of hydrogen-bond acceptors (Lipinski definition) is 6. The van der Waals surface area contributed by atoms with Gasteiger partial charge < -0.3 is 24.8 Å². The molecule has 0 aromatic heterocycles. The molecule has 1 amide bonds. The van der Waals surface area contributed by atoms with E-state index in [0.29, 0.717) is 46.9 Å². The molecule has 0 bridgehead atoms. The van der Waals surface area contributed by atoms with Crippen molar-refractivity contribution < 1.29 is 23.8 Å². The molecule has 7 heteroatoms. The second-order valence-corrected chi connectivity index (χ2v) is 10.2. The molecule has 40 heavy (non-hydrogen) atoms. The molecular weight excluding hydrogens is 504 g/mol. The molecule has 3 aromatic rings. The summed E-state index contributed by atoms with van der Waals surface area (Å²) in [5.41, 5.74) is 6.30. The maximum Gasteiger partial charge on any atom is 0.254 e. The number of anilines is 1. The Morgan fingerprint density at radius 1 is 0.825 bits per heavy atom. The molecule has 7 nitrogen and oxygen atoms in total. The predicted octanol–water partition coefficient (Wildman–Crippen LogP) is 6.02. The fourth-order valence-corrected chi connectivity index (χ4v) is 5.80. The first kappa shape index (κ1) is 27.1. The molecule has 3 aromatic carbocycles. The Hall–Kier alpha value is -4.52. The van der Waals surface area contributed by atoms with Crippen molar-refractivity contribution in [2.45, 2.75) is 38.5 Å². The number of benzene rings is 3. The lowest BCUT2D eigenvalue weighted by Gasteiger charge is -2.37. The van der Waals surface area contributed by atoms with Gasteiger partial charge in [0.15, 0.2) is 17.3 Å². The van der Waals surface area contributed by atoms with E-state index in [-0.39, 0.29) is 17.6 Å². The van der Waals surface area contributed by atoms with E-state index in [4.69, 9.17) is 14.2 Å². The van der Waals surface area contributed by atoms with Crippen LogP contribution in [0.15, 0.2) is 89.3 Å². The highest BCUT2D eigenvalue weighted by Crippen LogP contribution is 2.46. The quantitative estimate of drug-likeness (QED) is 0.383. The van der Waals surface area contributed by atoms with Gasteiger partial charge in [-0.1, -0.05) is 48.0 Å². The van der Waals surface area contributed by atoms with Crippen molar-refractivity contribution in [1.29, 1.82) is 0 Å². The molecule has 2 atom stereocenters. The number of carbonyl (C=O) groups is 2. The molecule has 0 spiro atoms. The molecule has 2 aliphatic rings. The average Bonchev–Trinajstić information content (AvgIpc) is 2.96. The Balaban J connectivity index is 1.55. The number of carbonyl (C=O) groups excluding carboxylic acids is 2. The molecular formula is C33H34N2O5. The summed E-state index contributed by atoms with van der Waals surface area (Å²) < 4.78 is 16.4. The van der Waals surface area contributed by atoms with Crippen LogP contribution >= 0.6 is 0 Å². The highest BCUT2D eigenvalue weighted by Gasteiger charge is 2.41. The van der Waals surface area contributed by atoms with Crippen LogP contribution in [0.4, 0.5) is 5.69 Å². The van der Waals surface area contributed by atoms with E-state index in [9.17, 15) is 9.59 Å². The van der Waals surface area contributed by atoms with Crippen LogP contribution in [0, 0.1) is 6.92 Å². The molecule has 0 fully saturated rings. The number of aryl methyl sites for hydroxylation is 1. The van der Waals surface area contributed by atoms with Crippen LogP contribution in [-0.4, -0.2) is 33.0 Å². The van der Waals surface area contributed by atoms with Crippen molar-refractivity contribution in [3.8, 4) is 17.2 Å². The Labute approximate surface area is 234 Å². The van der Waals surface area contributed by atoms with Gasteiger partial charge in [0.05, 0.1) is 27.0 Å². The highest BCUT2D eigenvalue weighted by atomic mass is 16.5. The Morgan fingerprint density at radius 3 is 2.30 bits per heavy atom. The third-order valence-electron chi connectivity index (χ3n) is 7.68. The van der Waals surface area contributed by atoms with E-state index in [0.717, 1.165) is 28.1 Å². The standard InChI is InChI=1S/C33H34N2O5/c1-19-9-8-10-22(15-19)31-30(33(37)35-24-11-6-7-12-27(24)38-3)20(2)34-25-16-23(17-26(36)32(25)31)21-13-14-28(39-4)29(18-21)40-5/h6-15,18,23,31,34H,16-17H2,1-5H3,(H,35,37)/t23-,31-/m0/s1. The summed E-state index contributed by atoms with van der Waals surface area (Å²) in [4.78, 5) is 27.9. The second kappa shape index (κ2) is 11.3. The lowest BCUT2D eigenvalue weighted by atomic mass is 9.71. The van der Waals surface area contributed by atoms with Crippen molar-refractivity contribution in [3.05, 3.63) is 106 Å². The number of para-hydroxylation sites is 2. The van der Waals surface area contributed by atoms with Gasteiger partial charge in [-0.05, 0) is 61.6 Å². The molecule has 2 N–H and O–H groups in total. The lowest BCUT2D eigenvalue weighted by Crippen LogP contribution is -2.37. The largest absolute Gasteiger partial charge is 0.495 e. The van der Waals surface area contributed by atoms with Crippen molar-refractivity contribution >= 4 is 17.4 Å². The first-order chi connectivity index (χ1) is 19.3. The summed E-state index contributed by atoms with van der Waals surface area (Å²) in [6.45, 7) is 3.91. The number of methoxy groups -OCH3 is 3. The fourth-order valence-electron chi connectivity index (χ4n) is 5.80. The zero-order valence-corrected chi connectivity index (χ0v) is 23.5.